The molecule has 0 spiro atoms. The van der Waals surface area contributed by atoms with Gasteiger partial charge in [0.2, 0.25) is 0 Å². The SMILES string of the molecule is NCc1ccc(F)cc1S(=O)(=O)Nc1cc(Br)ccc1Cl. The first-order valence-electron chi connectivity index (χ1n) is 5.80. The lowest BCUT2D eigenvalue weighted by atomic mass is 10.2. The molecule has 2 aromatic rings. The molecule has 8 heteroatoms. The summed E-state index contributed by atoms with van der Waals surface area (Å²) in [5.74, 6) is -0.659. The summed E-state index contributed by atoms with van der Waals surface area (Å²) < 4.78 is 41.1. The first-order valence-corrected chi connectivity index (χ1v) is 8.45. The molecule has 0 atom stereocenters. The number of nitrogens with two attached hydrogens (primary N) is 1. The molecule has 0 amide bonds. The van der Waals surface area contributed by atoms with E-state index in [4.69, 9.17) is 17.3 Å². The molecule has 0 fully saturated rings. The number of benzene rings is 2. The maximum Gasteiger partial charge on any atom is 0.262 e. The van der Waals surface area contributed by atoms with Crippen LogP contribution in [0.3, 0.4) is 0 Å². The van der Waals surface area contributed by atoms with Gasteiger partial charge in [-0.05, 0) is 35.9 Å². The van der Waals surface area contributed by atoms with E-state index in [9.17, 15) is 12.8 Å². The van der Waals surface area contributed by atoms with Crippen molar-refractivity contribution in [3.05, 3.63) is 57.3 Å². The van der Waals surface area contributed by atoms with Gasteiger partial charge in [0.25, 0.3) is 10.0 Å². The van der Waals surface area contributed by atoms with E-state index in [0.717, 1.165) is 12.1 Å². The summed E-state index contributed by atoms with van der Waals surface area (Å²) in [7, 11) is -3.99. The molecule has 0 unspecified atom stereocenters. The second-order valence-electron chi connectivity index (χ2n) is 4.19. The highest BCUT2D eigenvalue weighted by atomic mass is 79.9. The topological polar surface area (TPSA) is 72.2 Å². The molecule has 0 radical (unpaired) electrons. The molecule has 21 heavy (non-hydrogen) atoms. The maximum absolute atomic E-state index is 13.3. The zero-order valence-electron chi connectivity index (χ0n) is 10.6. The summed E-state index contributed by atoms with van der Waals surface area (Å²) in [5, 5.41) is 0.229. The van der Waals surface area contributed by atoms with Gasteiger partial charge >= 0.3 is 0 Å². The van der Waals surface area contributed by atoms with E-state index in [2.05, 4.69) is 20.7 Å². The van der Waals surface area contributed by atoms with Gasteiger partial charge in [-0.2, -0.15) is 0 Å². The summed E-state index contributed by atoms with van der Waals surface area (Å²) >= 11 is 9.17. The van der Waals surface area contributed by atoms with Crippen LogP contribution in [0.2, 0.25) is 5.02 Å². The van der Waals surface area contributed by atoms with Crippen molar-refractivity contribution >= 4 is 43.2 Å². The van der Waals surface area contributed by atoms with Crippen molar-refractivity contribution in [2.75, 3.05) is 4.72 Å². The first-order chi connectivity index (χ1) is 9.83. The minimum atomic E-state index is -3.99. The number of anilines is 1. The number of halogens is 3. The highest BCUT2D eigenvalue weighted by molar-refractivity contribution is 9.10. The number of sulfonamides is 1. The van der Waals surface area contributed by atoms with E-state index >= 15 is 0 Å². The van der Waals surface area contributed by atoms with Crippen LogP contribution in [0.1, 0.15) is 5.56 Å². The number of nitrogens with one attached hydrogen (secondary N) is 1. The third kappa shape index (κ3) is 3.74. The largest absolute Gasteiger partial charge is 0.326 e. The number of rotatable bonds is 4. The monoisotopic (exact) mass is 392 g/mol. The van der Waals surface area contributed by atoms with E-state index in [0.29, 0.717) is 10.0 Å². The predicted octanol–water partition coefficient (Wildman–Crippen LogP) is 3.50. The van der Waals surface area contributed by atoms with Gasteiger partial charge in [-0.15, -0.1) is 0 Å². The second-order valence-corrected chi connectivity index (χ2v) is 7.16. The average Bonchev–Trinajstić information content (AvgIpc) is 2.42. The lowest BCUT2D eigenvalue weighted by Crippen LogP contribution is -2.17. The lowest BCUT2D eigenvalue weighted by molar-refractivity contribution is 0.593. The van der Waals surface area contributed by atoms with Crippen molar-refractivity contribution in [2.45, 2.75) is 11.4 Å². The third-order valence-electron chi connectivity index (χ3n) is 2.71. The molecule has 0 saturated heterocycles. The van der Waals surface area contributed by atoms with Gasteiger partial charge in [-0.3, -0.25) is 4.72 Å². The molecule has 0 aliphatic carbocycles. The summed E-state index contributed by atoms with van der Waals surface area (Å²) in [6.07, 6.45) is 0. The van der Waals surface area contributed by atoms with E-state index in [-0.39, 0.29) is 22.2 Å². The zero-order valence-corrected chi connectivity index (χ0v) is 13.8. The summed E-state index contributed by atoms with van der Waals surface area (Å²) in [6, 6.07) is 8.16. The lowest BCUT2D eigenvalue weighted by Gasteiger charge is -2.13. The van der Waals surface area contributed by atoms with Crippen molar-refractivity contribution in [3.63, 3.8) is 0 Å². The van der Waals surface area contributed by atoms with E-state index in [1.165, 1.54) is 12.1 Å². The van der Waals surface area contributed by atoms with Crippen LogP contribution in [0.5, 0.6) is 0 Å². The average molecular weight is 394 g/mol. The third-order valence-corrected chi connectivity index (χ3v) is 4.98. The summed E-state index contributed by atoms with van der Waals surface area (Å²) in [5.41, 5.74) is 6.00. The van der Waals surface area contributed by atoms with Gasteiger partial charge in [-0.25, -0.2) is 12.8 Å². The van der Waals surface area contributed by atoms with Gasteiger partial charge in [0, 0.05) is 11.0 Å². The molecule has 0 aliphatic heterocycles. The van der Waals surface area contributed by atoms with Gasteiger partial charge in [0.1, 0.15) is 5.82 Å². The van der Waals surface area contributed by atoms with Crippen LogP contribution in [0, 0.1) is 5.82 Å². The van der Waals surface area contributed by atoms with Crippen molar-refractivity contribution in [3.8, 4) is 0 Å². The minimum Gasteiger partial charge on any atom is -0.326 e. The summed E-state index contributed by atoms with van der Waals surface area (Å²) in [4.78, 5) is -0.207. The minimum absolute atomic E-state index is 0.0251. The van der Waals surface area contributed by atoms with Crippen LogP contribution in [0.15, 0.2) is 45.8 Å². The van der Waals surface area contributed by atoms with E-state index < -0.39 is 15.8 Å². The first kappa shape index (κ1) is 16.2. The van der Waals surface area contributed by atoms with Crippen LogP contribution in [-0.4, -0.2) is 8.42 Å². The maximum atomic E-state index is 13.3. The van der Waals surface area contributed by atoms with Gasteiger partial charge in [0.15, 0.2) is 0 Å². The Kier molecular flexibility index (Phi) is 4.88. The molecule has 2 aromatic carbocycles. The van der Waals surface area contributed by atoms with Crippen molar-refractivity contribution < 1.29 is 12.8 Å². The Labute approximate surface area is 135 Å². The second kappa shape index (κ2) is 6.31. The molecule has 2 rings (SSSR count). The Balaban J connectivity index is 2.48. The standard InChI is InChI=1S/C13H11BrClFN2O2S/c14-9-2-4-11(15)12(5-9)18-21(19,20)13-6-10(16)3-1-8(13)7-17/h1-6,18H,7,17H2. The van der Waals surface area contributed by atoms with Crippen molar-refractivity contribution in [1.82, 2.24) is 0 Å². The van der Waals surface area contributed by atoms with Crippen LogP contribution >= 0.6 is 27.5 Å². The van der Waals surface area contributed by atoms with Crippen molar-refractivity contribution in [1.29, 1.82) is 0 Å². The molecule has 112 valence electrons. The van der Waals surface area contributed by atoms with Gasteiger partial charge in [-0.1, -0.05) is 33.6 Å². The number of hydrogen-bond donors (Lipinski definition) is 2. The fraction of sp³-hybridized carbons (Fsp3) is 0.0769. The molecule has 0 saturated carbocycles. The highest BCUT2D eigenvalue weighted by Crippen LogP contribution is 2.28. The Morgan fingerprint density at radius 2 is 1.95 bits per heavy atom. The van der Waals surface area contributed by atoms with E-state index in [1.54, 1.807) is 12.1 Å². The van der Waals surface area contributed by atoms with E-state index in [1.807, 2.05) is 0 Å². The van der Waals surface area contributed by atoms with Gasteiger partial charge in [0.05, 0.1) is 15.6 Å². The fourth-order valence-corrected chi connectivity index (χ4v) is 3.64. The molecule has 0 aromatic heterocycles. The molecule has 4 nitrogen and oxygen atoms in total. The van der Waals surface area contributed by atoms with Crippen LogP contribution in [0.25, 0.3) is 0 Å². The molecule has 3 N–H and O–H groups in total. The fourth-order valence-electron chi connectivity index (χ4n) is 1.72. The highest BCUT2D eigenvalue weighted by Gasteiger charge is 2.20. The molecule has 0 aliphatic rings. The van der Waals surface area contributed by atoms with Crippen molar-refractivity contribution in [2.24, 2.45) is 5.73 Å². The zero-order chi connectivity index (χ0) is 15.6. The molecule has 0 heterocycles. The van der Waals surface area contributed by atoms with Crippen LogP contribution in [-0.2, 0) is 16.6 Å². The Bertz CT molecular complexity index is 784. The smallest absolute Gasteiger partial charge is 0.262 e. The predicted molar refractivity (Wildman–Crippen MR) is 84.3 cm³/mol. The Morgan fingerprint density at radius 3 is 2.62 bits per heavy atom. The Morgan fingerprint density at radius 1 is 1.24 bits per heavy atom. The molecular weight excluding hydrogens is 383 g/mol. The van der Waals surface area contributed by atoms with Gasteiger partial charge < -0.3 is 5.73 Å². The van der Waals surface area contributed by atoms with Crippen LogP contribution < -0.4 is 10.5 Å². The number of hydrogen-bond acceptors (Lipinski definition) is 3. The van der Waals surface area contributed by atoms with Crippen LogP contribution in [0.4, 0.5) is 10.1 Å². The molecule has 0 bridgehead atoms. The molecular formula is C13H11BrClFN2O2S. The Hall–Kier alpha value is -1.15. The quantitative estimate of drug-likeness (QED) is 0.835. The summed E-state index contributed by atoms with van der Waals surface area (Å²) in [6.45, 7) is -0.0251. The normalized spacial score (nSPS) is 11.4.